The van der Waals surface area contributed by atoms with Gasteiger partial charge >= 0.3 is 5.97 Å². The number of ether oxygens (including phenoxy) is 2. The van der Waals surface area contributed by atoms with Gasteiger partial charge in [-0.25, -0.2) is 13.2 Å². The standard InChI is InChI=1S/C22H18Cl2N2O6S/c1-31-20-10-8-16(12-19(20)25-21(27)17-9-5-14(23)11-18(17)24)33(29,30)26-15-6-3-13(4-7-15)22(28)32-2/h3-12,26H,1-2H3,(H,25,27). The van der Waals surface area contributed by atoms with Crippen LogP contribution in [-0.2, 0) is 14.8 Å². The number of carbonyl (C=O) groups is 2. The van der Waals surface area contributed by atoms with Crippen LogP contribution in [0.25, 0.3) is 0 Å². The Morgan fingerprint density at radius 2 is 1.61 bits per heavy atom. The molecule has 172 valence electrons. The number of benzene rings is 3. The van der Waals surface area contributed by atoms with Crippen molar-refractivity contribution in [2.75, 3.05) is 24.3 Å². The Balaban J connectivity index is 1.87. The van der Waals surface area contributed by atoms with E-state index in [0.717, 1.165) is 0 Å². The van der Waals surface area contributed by atoms with Crippen LogP contribution in [0.15, 0.2) is 65.6 Å². The monoisotopic (exact) mass is 508 g/mol. The first-order valence-corrected chi connectivity index (χ1v) is 11.5. The summed E-state index contributed by atoms with van der Waals surface area (Å²) in [6.45, 7) is 0. The van der Waals surface area contributed by atoms with Gasteiger partial charge in [0, 0.05) is 10.7 Å². The summed E-state index contributed by atoms with van der Waals surface area (Å²) in [5.41, 5.74) is 0.783. The fourth-order valence-corrected chi connectivity index (χ4v) is 4.40. The lowest BCUT2D eigenvalue weighted by atomic mass is 10.2. The van der Waals surface area contributed by atoms with Crippen molar-refractivity contribution in [3.63, 3.8) is 0 Å². The van der Waals surface area contributed by atoms with E-state index in [2.05, 4.69) is 14.8 Å². The van der Waals surface area contributed by atoms with Crippen molar-refractivity contribution in [3.05, 3.63) is 81.8 Å². The number of carbonyl (C=O) groups excluding carboxylic acids is 2. The Hall–Kier alpha value is -3.27. The van der Waals surface area contributed by atoms with Crippen molar-refractivity contribution >= 4 is 56.5 Å². The second-order valence-electron chi connectivity index (χ2n) is 6.61. The number of hydrogen-bond donors (Lipinski definition) is 2. The Morgan fingerprint density at radius 1 is 0.909 bits per heavy atom. The SMILES string of the molecule is COC(=O)c1ccc(NS(=O)(=O)c2ccc(OC)c(NC(=O)c3ccc(Cl)cc3Cl)c2)cc1. The molecular weight excluding hydrogens is 491 g/mol. The van der Waals surface area contributed by atoms with Gasteiger partial charge in [0.25, 0.3) is 15.9 Å². The van der Waals surface area contributed by atoms with Crippen LogP contribution in [0.3, 0.4) is 0 Å². The molecule has 33 heavy (non-hydrogen) atoms. The molecule has 0 saturated carbocycles. The van der Waals surface area contributed by atoms with Crippen molar-refractivity contribution in [1.29, 1.82) is 0 Å². The van der Waals surface area contributed by atoms with Gasteiger partial charge < -0.3 is 14.8 Å². The summed E-state index contributed by atoms with van der Waals surface area (Å²) in [6, 6.07) is 14.1. The van der Waals surface area contributed by atoms with Crippen LogP contribution in [0.5, 0.6) is 5.75 Å². The molecule has 0 spiro atoms. The maximum Gasteiger partial charge on any atom is 0.337 e. The lowest BCUT2D eigenvalue weighted by Crippen LogP contribution is -2.16. The second-order valence-corrected chi connectivity index (χ2v) is 9.14. The molecule has 2 N–H and O–H groups in total. The molecule has 0 radical (unpaired) electrons. The molecule has 0 aromatic heterocycles. The fourth-order valence-electron chi connectivity index (χ4n) is 2.82. The van der Waals surface area contributed by atoms with Gasteiger partial charge in [-0.05, 0) is 60.7 Å². The smallest absolute Gasteiger partial charge is 0.337 e. The summed E-state index contributed by atoms with van der Waals surface area (Å²) in [4.78, 5) is 24.1. The Kier molecular flexibility index (Phi) is 7.47. The maximum atomic E-state index is 12.9. The van der Waals surface area contributed by atoms with Gasteiger partial charge in [0.2, 0.25) is 0 Å². The minimum atomic E-state index is -4.03. The van der Waals surface area contributed by atoms with E-state index < -0.39 is 21.9 Å². The van der Waals surface area contributed by atoms with Crippen LogP contribution in [0, 0.1) is 0 Å². The molecule has 1 amide bonds. The molecule has 3 aromatic carbocycles. The third-order valence-electron chi connectivity index (χ3n) is 4.46. The molecule has 0 heterocycles. The van der Waals surface area contributed by atoms with Crippen LogP contribution in [0.2, 0.25) is 10.0 Å². The van der Waals surface area contributed by atoms with Gasteiger partial charge in [-0.15, -0.1) is 0 Å². The number of methoxy groups -OCH3 is 2. The summed E-state index contributed by atoms with van der Waals surface area (Å²) in [6.07, 6.45) is 0. The third kappa shape index (κ3) is 5.75. The summed E-state index contributed by atoms with van der Waals surface area (Å²) in [5.74, 6) is -0.869. The molecule has 3 rings (SSSR count). The zero-order chi connectivity index (χ0) is 24.2. The predicted octanol–water partition coefficient (Wildman–Crippen LogP) is 4.84. The van der Waals surface area contributed by atoms with Crippen molar-refractivity contribution in [2.24, 2.45) is 0 Å². The van der Waals surface area contributed by atoms with Crippen molar-refractivity contribution in [1.82, 2.24) is 0 Å². The minimum absolute atomic E-state index is 0.123. The van der Waals surface area contributed by atoms with Crippen LogP contribution in [-0.4, -0.2) is 34.5 Å². The average molecular weight is 509 g/mol. The lowest BCUT2D eigenvalue weighted by molar-refractivity contribution is 0.0600. The fraction of sp³-hybridized carbons (Fsp3) is 0.0909. The molecule has 0 fully saturated rings. The number of nitrogens with one attached hydrogen (secondary N) is 2. The number of anilines is 2. The van der Waals surface area contributed by atoms with E-state index in [9.17, 15) is 18.0 Å². The molecule has 8 nitrogen and oxygen atoms in total. The first-order chi connectivity index (χ1) is 15.6. The normalized spacial score (nSPS) is 10.9. The van der Waals surface area contributed by atoms with Crippen LogP contribution in [0.1, 0.15) is 20.7 Å². The molecule has 0 atom stereocenters. The average Bonchev–Trinajstić information content (AvgIpc) is 2.78. The zero-order valence-corrected chi connectivity index (χ0v) is 19.7. The maximum absolute atomic E-state index is 12.9. The molecule has 0 aliphatic heterocycles. The zero-order valence-electron chi connectivity index (χ0n) is 17.4. The predicted molar refractivity (Wildman–Crippen MR) is 126 cm³/mol. The van der Waals surface area contributed by atoms with Crippen LogP contribution < -0.4 is 14.8 Å². The van der Waals surface area contributed by atoms with Gasteiger partial charge in [-0.3, -0.25) is 9.52 Å². The van der Waals surface area contributed by atoms with Gasteiger partial charge in [0.15, 0.2) is 0 Å². The minimum Gasteiger partial charge on any atom is -0.495 e. The molecule has 3 aromatic rings. The highest BCUT2D eigenvalue weighted by Crippen LogP contribution is 2.30. The highest BCUT2D eigenvalue weighted by Gasteiger charge is 2.19. The van der Waals surface area contributed by atoms with Crippen LogP contribution in [0.4, 0.5) is 11.4 Å². The quantitative estimate of drug-likeness (QED) is 0.441. The number of amides is 1. The molecular formula is C22H18Cl2N2O6S. The van der Waals surface area contributed by atoms with E-state index in [1.165, 1.54) is 74.9 Å². The highest BCUT2D eigenvalue weighted by atomic mass is 35.5. The van der Waals surface area contributed by atoms with Crippen molar-refractivity contribution in [2.45, 2.75) is 4.90 Å². The molecule has 0 aliphatic rings. The van der Waals surface area contributed by atoms with E-state index >= 15 is 0 Å². The van der Waals surface area contributed by atoms with E-state index in [-0.39, 0.29) is 38.2 Å². The van der Waals surface area contributed by atoms with Crippen molar-refractivity contribution < 1.29 is 27.5 Å². The largest absolute Gasteiger partial charge is 0.495 e. The molecule has 0 saturated heterocycles. The van der Waals surface area contributed by atoms with E-state index in [1.807, 2.05) is 0 Å². The topological polar surface area (TPSA) is 111 Å². The third-order valence-corrected chi connectivity index (χ3v) is 6.39. The van der Waals surface area contributed by atoms with Gasteiger partial charge in [-0.1, -0.05) is 23.2 Å². The van der Waals surface area contributed by atoms with E-state index in [1.54, 1.807) is 0 Å². The summed E-state index contributed by atoms with van der Waals surface area (Å²) < 4.78 is 38.0. The first kappa shape index (κ1) is 24.4. The number of halogens is 2. The molecule has 11 heteroatoms. The van der Waals surface area contributed by atoms with Gasteiger partial charge in [0.05, 0.1) is 41.0 Å². The summed E-state index contributed by atoms with van der Waals surface area (Å²) >= 11 is 12.0. The number of esters is 1. The van der Waals surface area contributed by atoms with Crippen LogP contribution >= 0.6 is 23.2 Å². The lowest BCUT2D eigenvalue weighted by Gasteiger charge is -2.14. The summed E-state index contributed by atoms with van der Waals surface area (Å²) in [5, 5.41) is 3.11. The number of hydrogen-bond acceptors (Lipinski definition) is 6. The molecule has 0 bridgehead atoms. The van der Waals surface area contributed by atoms with Gasteiger partial charge in [-0.2, -0.15) is 0 Å². The Morgan fingerprint density at radius 3 is 2.21 bits per heavy atom. The first-order valence-electron chi connectivity index (χ1n) is 9.30. The number of sulfonamides is 1. The Bertz CT molecular complexity index is 1310. The van der Waals surface area contributed by atoms with Gasteiger partial charge in [0.1, 0.15) is 5.75 Å². The van der Waals surface area contributed by atoms with E-state index in [0.29, 0.717) is 5.02 Å². The van der Waals surface area contributed by atoms with Crippen molar-refractivity contribution in [3.8, 4) is 5.75 Å². The molecule has 0 aliphatic carbocycles. The second kappa shape index (κ2) is 10.1. The van der Waals surface area contributed by atoms with E-state index in [4.69, 9.17) is 27.9 Å². The molecule has 0 unspecified atom stereocenters. The highest BCUT2D eigenvalue weighted by molar-refractivity contribution is 7.92. The Labute approximate surface area is 200 Å². The summed E-state index contributed by atoms with van der Waals surface area (Å²) in [7, 11) is -1.40. The number of rotatable bonds is 7.